The number of piperidine rings is 1. The van der Waals surface area contributed by atoms with Crippen LogP contribution in [-0.4, -0.2) is 43.0 Å². The van der Waals surface area contributed by atoms with E-state index < -0.39 is 0 Å². The van der Waals surface area contributed by atoms with Crippen LogP contribution in [0.1, 0.15) is 33.1 Å². The monoisotopic (exact) mass is 253 g/mol. The van der Waals surface area contributed by atoms with Gasteiger partial charge in [-0.3, -0.25) is 9.69 Å². The molecule has 104 valence electrons. The normalized spacial score (nSPS) is 25.0. The summed E-state index contributed by atoms with van der Waals surface area (Å²) in [7, 11) is 0. The first kappa shape index (κ1) is 15.2. The molecule has 2 unspecified atom stereocenters. The van der Waals surface area contributed by atoms with Crippen LogP contribution in [-0.2, 0) is 4.79 Å². The van der Waals surface area contributed by atoms with Gasteiger partial charge < -0.3 is 11.1 Å². The first-order chi connectivity index (χ1) is 8.54. The van der Waals surface area contributed by atoms with Gasteiger partial charge in [0.2, 0.25) is 5.91 Å². The molecule has 1 saturated heterocycles. The minimum Gasteiger partial charge on any atom is -0.369 e. The molecular formula is C14H27N3O. The Morgan fingerprint density at radius 1 is 1.50 bits per heavy atom. The molecule has 1 aliphatic rings. The zero-order chi connectivity index (χ0) is 13.5. The summed E-state index contributed by atoms with van der Waals surface area (Å²) in [5, 5.41) is 3.36. The van der Waals surface area contributed by atoms with Crippen LogP contribution < -0.4 is 11.1 Å². The van der Waals surface area contributed by atoms with Crippen molar-refractivity contribution in [3.8, 4) is 0 Å². The molecule has 1 fully saturated rings. The number of nitrogens with two attached hydrogens (primary N) is 1. The second-order valence-corrected chi connectivity index (χ2v) is 5.38. The Kier molecular flexibility index (Phi) is 6.36. The van der Waals surface area contributed by atoms with Crippen molar-refractivity contribution < 1.29 is 4.79 Å². The summed E-state index contributed by atoms with van der Waals surface area (Å²) in [6.45, 7) is 12.0. The fraction of sp³-hybridized carbons (Fsp3) is 0.786. The lowest BCUT2D eigenvalue weighted by atomic mass is 9.92. The standard InChI is InChI=1S/C14H27N3O/c1-4-7-16-8-11(2)9-17-10-13(14(15)18)6-5-12(17)3/h12-13,16H,2,4-10H2,1,3H3,(H2,15,18). The molecule has 1 amide bonds. The zero-order valence-electron chi connectivity index (χ0n) is 11.7. The lowest BCUT2D eigenvalue weighted by Crippen LogP contribution is -2.46. The number of carbonyl (C=O) groups excluding carboxylic acids is 1. The van der Waals surface area contributed by atoms with Gasteiger partial charge in [-0.2, -0.15) is 0 Å². The van der Waals surface area contributed by atoms with Gasteiger partial charge in [0.1, 0.15) is 0 Å². The fourth-order valence-electron chi connectivity index (χ4n) is 2.42. The molecule has 0 aliphatic carbocycles. The highest BCUT2D eigenvalue weighted by atomic mass is 16.1. The molecule has 0 saturated carbocycles. The van der Waals surface area contributed by atoms with Gasteiger partial charge in [-0.1, -0.05) is 13.5 Å². The van der Waals surface area contributed by atoms with Crippen molar-refractivity contribution in [1.29, 1.82) is 0 Å². The van der Waals surface area contributed by atoms with Crippen LogP contribution in [0.3, 0.4) is 0 Å². The molecule has 0 spiro atoms. The van der Waals surface area contributed by atoms with Crippen molar-refractivity contribution in [3.05, 3.63) is 12.2 Å². The summed E-state index contributed by atoms with van der Waals surface area (Å²) in [6.07, 6.45) is 3.11. The summed E-state index contributed by atoms with van der Waals surface area (Å²) in [4.78, 5) is 13.6. The second-order valence-electron chi connectivity index (χ2n) is 5.38. The minimum absolute atomic E-state index is 0.0117. The van der Waals surface area contributed by atoms with Crippen LogP contribution >= 0.6 is 0 Å². The molecule has 4 heteroatoms. The molecule has 1 heterocycles. The molecule has 1 rings (SSSR count). The molecule has 3 N–H and O–H groups in total. The van der Waals surface area contributed by atoms with Crippen molar-refractivity contribution in [2.45, 2.75) is 39.2 Å². The van der Waals surface area contributed by atoms with Gasteiger partial charge in [0, 0.05) is 25.7 Å². The number of amides is 1. The zero-order valence-corrected chi connectivity index (χ0v) is 11.7. The van der Waals surface area contributed by atoms with Gasteiger partial charge in [-0.25, -0.2) is 0 Å². The highest BCUT2D eigenvalue weighted by Gasteiger charge is 2.28. The van der Waals surface area contributed by atoms with E-state index in [1.807, 2.05) is 0 Å². The Hall–Kier alpha value is -0.870. The average molecular weight is 253 g/mol. The molecular weight excluding hydrogens is 226 g/mol. The van der Waals surface area contributed by atoms with Crippen molar-refractivity contribution in [2.24, 2.45) is 11.7 Å². The molecule has 4 nitrogen and oxygen atoms in total. The maximum atomic E-state index is 11.3. The van der Waals surface area contributed by atoms with Gasteiger partial charge in [0.25, 0.3) is 0 Å². The van der Waals surface area contributed by atoms with Crippen molar-refractivity contribution in [1.82, 2.24) is 10.2 Å². The predicted molar refractivity (Wildman–Crippen MR) is 75.3 cm³/mol. The fourth-order valence-corrected chi connectivity index (χ4v) is 2.42. The smallest absolute Gasteiger partial charge is 0.221 e. The maximum Gasteiger partial charge on any atom is 0.221 e. The summed E-state index contributed by atoms with van der Waals surface area (Å²) < 4.78 is 0. The number of primary amides is 1. The average Bonchev–Trinajstić information content (AvgIpc) is 2.32. The van der Waals surface area contributed by atoms with Crippen LogP contribution in [0.15, 0.2) is 12.2 Å². The highest BCUT2D eigenvalue weighted by Crippen LogP contribution is 2.22. The Morgan fingerprint density at radius 2 is 2.22 bits per heavy atom. The third-order valence-corrected chi connectivity index (χ3v) is 3.64. The highest BCUT2D eigenvalue weighted by molar-refractivity contribution is 5.77. The van der Waals surface area contributed by atoms with E-state index in [1.165, 1.54) is 5.57 Å². The number of rotatable bonds is 7. The molecule has 0 aromatic heterocycles. The van der Waals surface area contributed by atoms with E-state index >= 15 is 0 Å². The lowest BCUT2D eigenvalue weighted by Gasteiger charge is -2.37. The maximum absolute atomic E-state index is 11.3. The number of likely N-dealkylation sites (tertiary alicyclic amines) is 1. The Labute approximate surface area is 111 Å². The van der Waals surface area contributed by atoms with Crippen LogP contribution in [0.5, 0.6) is 0 Å². The summed E-state index contributed by atoms with van der Waals surface area (Å²) in [5.74, 6) is -0.153. The molecule has 0 radical (unpaired) electrons. The van der Waals surface area contributed by atoms with E-state index in [0.717, 1.165) is 45.4 Å². The molecule has 2 atom stereocenters. The Bertz CT molecular complexity index is 291. The number of nitrogens with zero attached hydrogens (tertiary/aromatic N) is 1. The Balaban J connectivity index is 2.38. The van der Waals surface area contributed by atoms with E-state index in [9.17, 15) is 4.79 Å². The first-order valence-corrected chi connectivity index (χ1v) is 6.95. The van der Waals surface area contributed by atoms with Crippen molar-refractivity contribution >= 4 is 5.91 Å². The van der Waals surface area contributed by atoms with E-state index in [0.29, 0.717) is 6.04 Å². The van der Waals surface area contributed by atoms with Gasteiger partial charge in [-0.05, 0) is 38.3 Å². The summed E-state index contributed by atoms with van der Waals surface area (Å²) >= 11 is 0. The third-order valence-electron chi connectivity index (χ3n) is 3.64. The molecule has 0 aromatic rings. The third kappa shape index (κ3) is 4.78. The van der Waals surface area contributed by atoms with E-state index in [1.54, 1.807) is 0 Å². The summed E-state index contributed by atoms with van der Waals surface area (Å²) in [6, 6.07) is 0.517. The van der Waals surface area contributed by atoms with Crippen LogP contribution in [0.4, 0.5) is 0 Å². The number of hydrogen-bond acceptors (Lipinski definition) is 3. The SMILES string of the molecule is C=C(CNCCC)CN1CC(C(N)=O)CCC1C. The second kappa shape index (κ2) is 7.54. The largest absolute Gasteiger partial charge is 0.369 e. The topological polar surface area (TPSA) is 58.4 Å². The van der Waals surface area contributed by atoms with Crippen LogP contribution in [0.25, 0.3) is 0 Å². The van der Waals surface area contributed by atoms with E-state index in [2.05, 4.69) is 30.6 Å². The van der Waals surface area contributed by atoms with Crippen LogP contribution in [0, 0.1) is 5.92 Å². The van der Waals surface area contributed by atoms with E-state index in [-0.39, 0.29) is 11.8 Å². The van der Waals surface area contributed by atoms with E-state index in [4.69, 9.17) is 5.73 Å². The van der Waals surface area contributed by atoms with Crippen molar-refractivity contribution in [3.63, 3.8) is 0 Å². The number of hydrogen-bond donors (Lipinski definition) is 2. The van der Waals surface area contributed by atoms with Gasteiger partial charge in [0.05, 0.1) is 5.92 Å². The van der Waals surface area contributed by atoms with Crippen LogP contribution in [0.2, 0.25) is 0 Å². The molecule has 0 aromatic carbocycles. The Morgan fingerprint density at radius 3 is 2.83 bits per heavy atom. The van der Waals surface area contributed by atoms with Gasteiger partial charge in [-0.15, -0.1) is 0 Å². The molecule has 0 bridgehead atoms. The number of nitrogens with one attached hydrogen (secondary N) is 1. The van der Waals surface area contributed by atoms with Gasteiger partial charge >= 0.3 is 0 Å². The summed E-state index contributed by atoms with van der Waals surface area (Å²) in [5.41, 5.74) is 6.58. The quantitative estimate of drug-likeness (QED) is 0.528. The minimum atomic E-state index is -0.165. The van der Waals surface area contributed by atoms with Gasteiger partial charge in [0.15, 0.2) is 0 Å². The predicted octanol–water partition coefficient (Wildman–Crippen LogP) is 1.13. The molecule has 1 aliphatic heterocycles. The number of carbonyl (C=O) groups is 1. The lowest BCUT2D eigenvalue weighted by molar-refractivity contribution is -0.123. The molecule has 18 heavy (non-hydrogen) atoms. The first-order valence-electron chi connectivity index (χ1n) is 6.95. The van der Waals surface area contributed by atoms with Crippen molar-refractivity contribution in [2.75, 3.05) is 26.2 Å².